The molecule has 122 valence electrons. The van der Waals surface area contributed by atoms with E-state index in [0.717, 1.165) is 11.1 Å². The number of rotatable bonds is 6. The number of sulfone groups is 1. The first-order valence-electron chi connectivity index (χ1n) is 7.42. The summed E-state index contributed by atoms with van der Waals surface area (Å²) in [7, 11) is -3.34. The molecule has 23 heavy (non-hydrogen) atoms. The van der Waals surface area contributed by atoms with Crippen molar-refractivity contribution in [3.8, 4) is 0 Å². The zero-order chi connectivity index (χ0) is 16.9. The van der Waals surface area contributed by atoms with Crippen LogP contribution in [0.4, 0.5) is 0 Å². The highest BCUT2D eigenvalue weighted by atomic mass is 32.2. The molecule has 0 aliphatic heterocycles. The molecule has 0 radical (unpaired) electrons. The molecule has 0 N–H and O–H groups in total. The van der Waals surface area contributed by atoms with Gasteiger partial charge in [0.2, 0.25) is 0 Å². The summed E-state index contributed by atoms with van der Waals surface area (Å²) in [5.74, 6) is -0.477. The topological polar surface area (TPSA) is 60.4 Å². The minimum absolute atomic E-state index is 0.0444. The van der Waals surface area contributed by atoms with Gasteiger partial charge in [-0.15, -0.1) is 0 Å². The molecule has 4 nitrogen and oxygen atoms in total. The van der Waals surface area contributed by atoms with Crippen LogP contribution in [0, 0.1) is 13.8 Å². The Morgan fingerprint density at radius 1 is 0.913 bits per heavy atom. The molecule has 0 aromatic heterocycles. The summed E-state index contributed by atoms with van der Waals surface area (Å²) in [6.45, 7) is 3.92. The Morgan fingerprint density at radius 2 is 1.43 bits per heavy atom. The molecule has 0 unspecified atom stereocenters. The van der Waals surface area contributed by atoms with Gasteiger partial charge in [-0.2, -0.15) is 0 Å². The predicted molar refractivity (Wildman–Crippen MR) is 89.3 cm³/mol. The molecular weight excluding hydrogens is 312 g/mol. The van der Waals surface area contributed by atoms with E-state index in [1.807, 2.05) is 26.0 Å². The number of ether oxygens (including phenoxy) is 1. The standard InChI is InChI=1S/C18H20O4S/c1-14-4-8-16(9-5-14)18(19)22-12-3-13-23(20,21)17-10-6-15(2)7-11-17/h4-11H,3,12-13H2,1-2H3. The molecule has 0 bridgehead atoms. The second-order valence-electron chi connectivity index (χ2n) is 5.49. The van der Waals surface area contributed by atoms with Gasteiger partial charge in [0.25, 0.3) is 0 Å². The first-order valence-corrected chi connectivity index (χ1v) is 9.07. The molecule has 0 saturated carbocycles. The highest BCUT2D eigenvalue weighted by Gasteiger charge is 2.14. The first kappa shape index (κ1) is 17.2. The van der Waals surface area contributed by atoms with Crippen LogP contribution in [0.3, 0.4) is 0 Å². The Kier molecular flexibility index (Phi) is 5.55. The van der Waals surface area contributed by atoms with Gasteiger partial charge in [0.1, 0.15) is 0 Å². The van der Waals surface area contributed by atoms with E-state index in [0.29, 0.717) is 10.5 Å². The zero-order valence-corrected chi connectivity index (χ0v) is 14.1. The summed E-state index contributed by atoms with van der Waals surface area (Å²) >= 11 is 0. The minimum Gasteiger partial charge on any atom is -0.462 e. The van der Waals surface area contributed by atoms with Crippen molar-refractivity contribution < 1.29 is 17.9 Å². The van der Waals surface area contributed by atoms with Crippen LogP contribution in [0.5, 0.6) is 0 Å². The molecule has 2 rings (SSSR count). The summed E-state index contributed by atoms with van der Waals surface area (Å²) in [5, 5.41) is 0. The van der Waals surface area contributed by atoms with Crippen molar-refractivity contribution in [3.63, 3.8) is 0 Å². The van der Waals surface area contributed by atoms with Gasteiger partial charge in [-0.1, -0.05) is 35.4 Å². The Morgan fingerprint density at radius 3 is 2.00 bits per heavy atom. The fraction of sp³-hybridized carbons (Fsp3) is 0.278. The number of hydrogen-bond acceptors (Lipinski definition) is 4. The maximum Gasteiger partial charge on any atom is 0.338 e. The highest BCUT2D eigenvalue weighted by Crippen LogP contribution is 2.13. The maximum atomic E-state index is 12.2. The molecule has 0 aliphatic rings. The number of hydrogen-bond donors (Lipinski definition) is 0. The molecule has 2 aromatic rings. The van der Waals surface area contributed by atoms with E-state index < -0.39 is 15.8 Å². The van der Waals surface area contributed by atoms with E-state index in [1.165, 1.54) is 0 Å². The van der Waals surface area contributed by atoms with Crippen LogP contribution in [-0.4, -0.2) is 26.7 Å². The van der Waals surface area contributed by atoms with E-state index in [-0.39, 0.29) is 18.8 Å². The van der Waals surface area contributed by atoms with Gasteiger partial charge in [-0.05, 0) is 44.5 Å². The summed E-state index contributed by atoms with van der Waals surface area (Å²) in [5.41, 5.74) is 2.54. The van der Waals surface area contributed by atoms with Crippen LogP contribution in [0.2, 0.25) is 0 Å². The van der Waals surface area contributed by atoms with E-state index >= 15 is 0 Å². The molecule has 0 fully saturated rings. The number of esters is 1. The van der Waals surface area contributed by atoms with Crippen molar-refractivity contribution in [3.05, 3.63) is 65.2 Å². The zero-order valence-electron chi connectivity index (χ0n) is 13.3. The van der Waals surface area contributed by atoms with E-state index in [1.54, 1.807) is 36.4 Å². The molecule has 0 heterocycles. The van der Waals surface area contributed by atoms with Gasteiger partial charge in [-0.3, -0.25) is 0 Å². The molecular formula is C18H20O4S. The van der Waals surface area contributed by atoms with Crippen LogP contribution in [0.25, 0.3) is 0 Å². The number of carbonyl (C=O) groups is 1. The molecule has 0 saturated heterocycles. The average Bonchev–Trinajstić information content (AvgIpc) is 2.52. The predicted octanol–water partition coefficient (Wildman–Crippen LogP) is 3.32. The molecule has 5 heteroatoms. The van der Waals surface area contributed by atoms with Crippen molar-refractivity contribution in [2.75, 3.05) is 12.4 Å². The fourth-order valence-electron chi connectivity index (χ4n) is 2.05. The summed E-state index contributed by atoms with van der Waals surface area (Å²) < 4.78 is 29.4. The summed E-state index contributed by atoms with van der Waals surface area (Å²) in [6, 6.07) is 13.8. The van der Waals surface area contributed by atoms with Crippen LogP contribution in [-0.2, 0) is 14.6 Å². The third-order valence-corrected chi connectivity index (χ3v) is 5.27. The van der Waals surface area contributed by atoms with Crippen molar-refractivity contribution >= 4 is 15.8 Å². The summed E-state index contributed by atoms with van der Waals surface area (Å²) in [4.78, 5) is 12.1. The van der Waals surface area contributed by atoms with Crippen molar-refractivity contribution in [1.29, 1.82) is 0 Å². The molecule has 0 spiro atoms. The number of carbonyl (C=O) groups excluding carboxylic acids is 1. The lowest BCUT2D eigenvalue weighted by Gasteiger charge is -2.07. The largest absolute Gasteiger partial charge is 0.462 e. The second-order valence-corrected chi connectivity index (χ2v) is 7.60. The maximum absolute atomic E-state index is 12.2. The average molecular weight is 332 g/mol. The van der Waals surface area contributed by atoms with Crippen molar-refractivity contribution in [2.24, 2.45) is 0 Å². The second kappa shape index (κ2) is 7.42. The SMILES string of the molecule is Cc1ccc(C(=O)OCCCS(=O)(=O)c2ccc(C)cc2)cc1. The quantitative estimate of drug-likeness (QED) is 0.601. The van der Waals surface area contributed by atoms with Crippen LogP contribution < -0.4 is 0 Å². The van der Waals surface area contributed by atoms with Gasteiger partial charge in [0.05, 0.1) is 22.8 Å². The lowest BCUT2D eigenvalue weighted by molar-refractivity contribution is 0.0505. The molecule has 0 atom stereocenters. The van der Waals surface area contributed by atoms with E-state index in [4.69, 9.17) is 4.74 Å². The van der Waals surface area contributed by atoms with Crippen LogP contribution >= 0.6 is 0 Å². The lowest BCUT2D eigenvalue weighted by Crippen LogP contribution is -2.12. The first-order chi connectivity index (χ1) is 10.9. The Balaban J connectivity index is 1.83. The Bertz CT molecular complexity index is 760. The highest BCUT2D eigenvalue weighted by molar-refractivity contribution is 7.91. The summed E-state index contributed by atoms with van der Waals surface area (Å²) in [6.07, 6.45) is 0.272. The monoisotopic (exact) mass is 332 g/mol. The lowest BCUT2D eigenvalue weighted by atomic mass is 10.1. The van der Waals surface area contributed by atoms with E-state index in [9.17, 15) is 13.2 Å². The van der Waals surface area contributed by atoms with Gasteiger partial charge in [-0.25, -0.2) is 13.2 Å². The van der Waals surface area contributed by atoms with Crippen LogP contribution in [0.15, 0.2) is 53.4 Å². The third-order valence-electron chi connectivity index (χ3n) is 3.46. The minimum atomic E-state index is -3.34. The third kappa shape index (κ3) is 4.93. The number of aryl methyl sites for hydroxylation is 2. The van der Waals surface area contributed by atoms with Crippen molar-refractivity contribution in [2.45, 2.75) is 25.2 Å². The molecule has 0 amide bonds. The molecule has 0 aliphatic carbocycles. The number of benzene rings is 2. The van der Waals surface area contributed by atoms with Gasteiger partial charge >= 0.3 is 5.97 Å². The van der Waals surface area contributed by atoms with Gasteiger partial charge < -0.3 is 4.74 Å². The van der Waals surface area contributed by atoms with Crippen molar-refractivity contribution in [1.82, 2.24) is 0 Å². The fourth-order valence-corrected chi connectivity index (χ4v) is 3.33. The smallest absolute Gasteiger partial charge is 0.338 e. The van der Waals surface area contributed by atoms with Gasteiger partial charge in [0, 0.05) is 0 Å². The van der Waals surface area contributed by atoms with Gasteiger partial charge in [0.15, 0.2) is 9.84 Å². The van der Waals surface area contributed by atoms with Crippen LogP contribution in [0.1, 0.15) is 27.9 Å². The van der Waals surface area contributed by atoms with E-state index in [2.05, 4.69) is 0 Å². The Labute approximate surface area is 137 Å². The molecule has 2 aromatic carbocycles. The Hall–Kier alpha value is -2.14. The normalized spacial score (nSPS) is 11.2.